The molecule has 2 aromatic heterocycles. The number of piperidine rings is 2. The van der Waals surface area contributed by atoms with Crippen LogP contribution in [0.25, 0.3) is 11.3 Å². The van der Waals surface area contributed by atoms with Gasteiger partial charge in [0.25, 0.3) is 5.91 Å². The molecule has 14 heteroatoms. The van der Waals surface area contributed by atoms with E-state index in [-0.39, 0.29) is 36.1 Å². The first kappa shape index (κ1) is 33.1. The number of nitriles is 1. The molecule has 2 unspecified atom stereocenters. The number of anilines is 2. The van der Waals surface area contributed by atoms with Crippen LogP contribution in [-0.2, 0) is 9.53 Å². The Morgan fingerprint density at radius 3 is 2.57 bits per heavy atom. The van der Waals surface area contributed by atoms with Crippen LogP contribution in [0.4, 0.5) is 20.5 Å². The number of alkyl halides is 2. The highest BCUT2D eigenvalue weighted by Crippen LogP contribution is 2.38. The zero-order valence-corrected chi connectivity index (χ0v) is 27.2. The molecule has 3 aromatic rings. The first-order valence-corrected chi connectivity index (χ1v) is 16.7. The SMILES string of the molecule is COc1nc(Nc2nccc(-c3ccc(OC4CCN(C(=O)C(O)C5CC5)CC4(F)F)c(C#N)c3)n2)ccc1C1CCN(C2COC2)CC1. The van der Waals surface area contributed by atoms with E-state index in [0.717, 1.165) is 62.4 Å². The van der Waals surface area contributed by atoms with Gasteiger partial charge in [-0.15, -0.1) is 0 Å². The second kappa shape index (κ2) is 13.8. The smallest absolute Gasteiger partial charge is 0.301 e. The normalized spacial score (nSPS) is 22.1. The van der Waals surface area contributed by atoms with E-state index in [2.05, 4.69) is 25.2 Å². The molecular formula is C35H39F2N7O5. The number of ether oxygens (including phenoxy) is 3. The van der Waals surface area contributed by atoms with E-state index in [1.807, 2.05) is 18.2 Å². The van der Waals surface area contributed by atoms with Crippen LogP contribution in [-0.4, -0.2) is 106 Å². The van der Waals surface area contributed by atoms with Crippen molar-refractivity contribution in [2.75, 3.05) is 51.8 Å². The quantitative estimate of drug-likeness (QED) is 0.320. The second-order valence-corrected chi connectivity index (χ2v) is 13.2. The standard InChI is InChI=1S/C35H39F2N7O5/c1-47-32-26(21-9-13-43(14-10-21)25-18-48-19-25)5-7-30(41-32)42-34-39-12-8-27(40-34)23-4-6-28(24(16-23)17-38)49-29-11-15-44(20-35(29,36)37)33(46)31(45)22-2-3-22/h4-8,12,16,21-22,25,29,31,45H,2-3,9-11,13-15,18-20H2,1H3,(H,39,40,41,42). The number of amides is 1. The molecule has 49 heavy (non-hydrogen) atoms. The van der Waals surface area contributed by atoms with Crippen LogP contribution in [0.1, 0.15) is 49.1 Å². The molecule has 1 aliphatic carbocycles. The molecule has 2 atom stereocenters. The highest BCUT2D eigenvalue weighted by Gasteiger charge is 2.49. The summed E-state index contributed by atoms with van der Waals surface area (Å²) < 4.78 is 47.0. The predicted octanol–water partition coefficient (Wildman–Crippen LogP) is 4.13. The largest absolute Gasteiger partial charge is 0.483 e. The van der Waals surface area contributed by atoms with Gasteiger partial charge in [0.2, 0.25) is 11.8 Å². The van der Waals surface area contributed by atoms with Gasteiger partial charge in [-0.1, -0.05) is 0 Å². The van der Waals surface area contributed by atoms with E-state index < -0.39 is 30.6 Å². The third-order valence-corrected chi connectivity index (χ3v) is 9.92. The number of aliphatic hydroxyl groups is 1. The molecule has 3 aliphatic heterocycles. The van der Waals surface area contributed by atoms with Gasteiger partial charge in [-0.3, -0.25) is 9.69 Å². The Hall–Kier alpha value is -4.45. The number of rotatable bonds is 10. The highest BCUT2D eigenvalue weighted by molar-refractivity contribution is 5.81. The van der Waals surface area contributed by atoms with Crippen LogP contribution in [0.15, 0.2) is 42.6 Å². The number of pyridine rings is 1. The fourth-order valence-electron chi connectivity index (χ4n) is 6.79. The van der Waals surface area contributed by atoms with E-state index >= 15 is 8.78 Å². The number of methoxy groups -OCH3 is 1. The molecule has 5 heterocycles. The average Bonchev–Trinajstić information content (AvgIpc) is 3.94. The van der Waals surface area contributed by atoms with Crippen LogP contribution in [0.5, 0.6) is 11.6 Å². The maximum atomic E-state index is 15.1. The van der Waals surface area contributed by atoms with Crippen LogP contribution in [0, 0.1) is 17.2 Å². The summed E-state index contributed by atoms with van der Waals surface area (Å²) in [5, 5.41) is 23.1. The van der Waals surface area contributed by atoms with Gasteiger partial charge in [0.1, 0.15) is 23.7 Å². The van der Waals surface area contributed by atoms with Crippen molar-refractivity contribution in [3.63, 3.8) is 0 Å². The van der Waals surface area contributed by atoms with E-state index in [9.17, 15) is 15.2 Å². The van der Waals surface area contributed by atoms with Gasteiger partial charge in [0.05, 0.1) is 44.2 Å². The minimum atomic E-state index is -3.37. The summed E-state index contributed by atoms with van der Waals surface area (Å²) in [6.07, 6.45) is 2.15. The minimum absolute atomic E-state index is 0.0141. The van der Waals surface area contributed by atoms with Crippen LogP contribution >= 0.6 is 0 Å². The number of aliphatic hydroxyl groups excluding tert-OH is 1. The van der Waals surface area contributed by atoms with Crippen molar-refractivity contribution < 1.29 is 32.9 Å². The fraction of sp³-hybridized carbons (Fsp3) is 0.514. The molecular weight excluding hydrogens is 636 g/mol. The lowest BCUT2D eigenvalue weighted by Gasteiger charge is -2.41. The number of aromatic nitrogens is 3. The fourth-order valence-corrected chi connectivity index (χ4v) is 6.79. The van der Waals surface area contributed by atoms with Gasteiger partial charge in [0.15, 0.2) is 6.10 Å². The van der Waals surface area contributed by atoms with Gasteiger partial charge in [-0.25, -0.2) is 18.7 Å². The highest BCUT2D eigenvalue weighted by atomic mass is 19.3. The molecule has 1 aromatic carbocycles. The molecule has 258 valence electrons. The van der Waals surface area contributed by atoms with Crippen molar-refractivity contribution in [2.45, 2.75) is 62.2 Å². The van der Waals surface area contributed by atoms with Gasteiger partial charge < -0.3 is 29.5 Å². The summed E-state index contributed by atoms with van der Waals surface area (Å²) in [5.74, 6) is -2.47. The third-order valence-electron chi connectivity index (χ3n) is 9.92. The Kier molecular flexibility index (Phi) is 9.32. The number of hydrogen-bond donors (Lipinski definition) is 2. The summed E-state index contributed by atoms with van der Waals surface area (Å²) in [5.41, 5.74) is 2.20. The number of nitrogens with zero attached hydrogens (tertiary/aromatic N) is 6. The Labute approximate surface area is 283 Å². The van der Waals surface area contributed by atoms with Crippen LogP contribution in [0.2, 0.25) is 0 Å². The van der Waals surface area contributed by atoms with Gasteiger partial charge in [-0.2, -0.15) is 10.2 Å². The van der Waals surface area contributed by atoms with Crippen molar-refractivity contribution in [3.05, 3.63) is 53.7 Å². The van der Waals surface area contributed by atoms with E-state index in [0.29, 0.717) is 34.9 Å². The molecule has 4 aliphatic rings. The molecule has 1 saturated carbocycles. The molecule has 2 N–H and O–H groups in total. The summed E-state index contributed by atoms with van der Waals surface area (Å²) in [4.78, 5) is 29.6. The van der Waals surface area contributed by atoms with Gasteiger partial charge in [0, 0.05) is 30.3 Å². The second-order valence-electron chi connectivity index (χ2n) is 13.2. The average molecular weight is 676 g/mol. The van der Waals surface area contributed by atoms with Gasteiger partial charge >= 0.3 is 5.92 Å². The molecule has 0 bridgehead atoms. The van der Waals surface area contributed by atoms with E-state index in [1.165, 1.54) is 12.1 Å². The molecule has 4 fully saturated rings. The minimum Gasteiger partial charge on any atom is -0.483 e. The summed E-state index contributed by atoms with van der Waals surface area (Å²) in [6.45, 7) is 2.84. The topological polar surface area (TPSA) is 146 Å². The lowest BCUT2D eigenvalue weighted by molar-refractivity contribution is -0.166. The molecule has 7 rings (SSSR count). The molecule has 12 nitrogen and oxygen atoms in total. The van der Waals surface area contributed by atoms with Crippen molar-refractivity contribution in [3.8, 4) is 29.0 Å². The monoisotopic (exact) mass is 675 g/mol. The number of hydrogen-bond acceptors (Lipinski definition) is 11. The number of nitrogens with one attached hydrogen (secondary N) is 1. The number of halogens is 2. The van der Waals surface area contributed by atoms with E-state index in [1.54, 1.807) is 25.4 Å². The predicted molar refractivity (Wildman–Crippen MR) is 174 cm³/mol. The van der Waals surface area contributed by atoms with Crippen molar-refractivity contribution in [1.29, 1.82) is 5.26 Å². The third kappa shape index (κ3) is 7.15. The summed E-state index contributed by atoms with van der Waals surface area (Å²) >= 11 is 0. The Bertz CT molecular complexity index is 1720. The Balaban J connectivity index is 1.00. The van der Waals surface area contributed by atoms with Crippen LogP contribution in [0.3, 0.4) is 0 Å². The van der Waals surface area contributed by atoms with Crippen molar-refractivity contribution in [2.24, 2.45) is 5.92 Å². The maximum Gasteiger partial charge on any atom is 0.301 e. The van der Waals surface area contributed by atoms with Crippen molar-refractivity contribution >= 4 is 17.7 Å². The Morgan fingerprint density at radius 2 is 1.90 bits per heavy atom. The number of carbonyl (C=O) groups excluding carboxylic acids is 1. The van der Waals surface area contributed by atoms with Crippen molar-refractivity contribution in [1.82, 2.24) is 24.8 Å². The first-order valence-electron chi connectivity index (χ1n) is 16.7. The maximum absolute atomic E-state index is 15.1. The first-order chi connectivity index (χ1) is 23.7. The Morgan fingerprint density at radius 1 is 1.10 bits per heavy atom. The number of carbonyl (C=O) groups is 1. The van der Waals surface area contributed by atoms with Gasteiger partial charge in [-0.05, 0) is 87.0 Å². The number of benzene rings is 1. The molecule has 1 amide bonds. The van der Waals surface area contributed by atoms with Crippen LogP contribution < -0.4 is 14.8 Å². The van der Waals surface area contributed by atoms with E-state index in [4.69, 9.17) is 14.2 Å². The lowest BCUT2D eigenvalue weighted by atomic mass is 9.89. The molecule has 3 saturated heterocycles. The molecule has 0 spiro atoms. The zero-order chi connectivity index (χ0) is 34.1. The summed E-state index contributed by atoms with van der Waals surface area (Å²) in [7, 11) is 1.61. The molecule has 0 radical (unpaired) electrons. The lowest BCUT2D eigenvalue weighted by Crippen LogP contribution is -2.57. The zero-order valence-electron chi connectivity index (χ0n) is 27.2. The summed E-state index contributed by atoms with van der Waals surface area (Å²) in [6, 6.07) is 12.8. The number of likely N-dealkylation sites (tertiary alicyclic amines) is 2.